The Morgan fingerprint density at radius 2 is 1.79 bits per heavy atom. The van der Waals surface area contributed by atoms with Gasteiger partial charge < -0.3 is 11.1 Å². The van der Waals surface area contributed by atoms with Crippen molar-refractivity contribution in [3.05, 3.63) is 59.3 Å². The number of aromatic nitrogens is 1. The minimum atomic E-state index is 0.759. The molecule has 0 unspecified atom stereocenters. The van der Waals surface area contributed by atoms with Crippen molar-refractivity contribution in [2.45, 2.75) is 0 Å². The molecule has 3 aromatic rings. The molecule has 94 valence electrons. The van der Waals surface area contributed by atoms with E-state index in [-0.39, 0.29) is 0 Å². The van der Waals surface area contributed by atoms with E-state index in [9.17, 15) is 0 Å². The molecule has 0 aliphatic rings. The van der Waals surface area contributed by atoms with Crippen LogP contribution in [0.1, 0.15) is 0 Å². The molecule has 0 spiro atoms. The molecular formula is C15H12BrN3. The van der Waals surface area contributed by atoms with Crippen LogP contribution in [0.2, 0.25) is 0 Å². The summed E-state index contributed by atoms with van der Waals surface area (Å²) in [6.07, 6.45) is 3.58. The molecule has 0 bridgehead atoms. The summed E-state index contributed by atoms with van der Waals surface area (Å²) >= 11 is 3.53. The van der Waals surface area contributed by atoms with Gasteiger partial charge in [-0.1, -0.05) is 12.1 Å². The largest absolute Gasteiger partial charge is 0.398 e. The Labute approximate surface area is 119 Å². The number of halogens is 1. The summed E-state index contributed by atoms with van der Waals surface area (Å²) in [4.78, 5) is 4.17. The third-order valence-electron chi connectivity index (χ3n) is 3.00. The van der Waals surface area contributed by atoms with Crippen LogP contribution in [0, 0.1) is 0 Å². The van der Waals surface area contributed by atoms with Crippen LogP contribution in [0.3, 0.4) is 0 Å². The Hall–Kier alpha value is -2.07. The number of fused-ring (bicyclic) bond motifs is 1. The number of nitrogens with two attached hydrogens (primary N) is 1. The fourth-order valence-electron chi connectivity index (χ4n) is 2.03. The first-order valence-electron chi connectivity index (χ1n) is 5.89. The number of pyridine rings is 1. The lowest BCUT2D eigenvalue weighted by Crippen LogP contribution is -1.95. The van der Waals surface area contributed by atoms with Gasteiger partial charge in [-0.3, -0.25) is 4.98 Å². The molecule has 3 nitrogen and oxygen atoms in total. The molecule has 3 rings (SSSR count). The average Bonchev–Trinajstić information content (AvgIpc) is 2.44. The molecule has 19 heavy (non-hydrogen) atoms. The first-order valence-corrected chi connectivity index (χ1v) is 6.69. The van der Waals surface area contributed by atoms with Gasteiger partial charge in [0, 0.05) is 39.0 Å². The third kappa shape index (κ3) is 2.27. The van der Waals surface area contributed by atoms with Crippen LogP contribution < -0.4 is 11.1 Å². The number of benzene rings is 2. The quantitative estimate of drug-likeness (QED) is 0.693. The van der Waals surface area contributed by atoms with E-state index in [2.05, 4.69) is 26.2 Å². The lowest BCUT2D eigenvalue weighted by molar-refractivity contribution is 1.36. The van der Waals surface area contributed by atoms with Crippen molar-refractivity contribution in [3.63, 3.8) is 0 Å². The summed E-state index contributed by atoms with van der Waals surface area (Å²) in [6.45, 7) is 0. The van der Waals surface area contributed by atoms with Crippen molar-refractivity contribution in [3.8, 4) is 0 Å². The van der Waals surface area contributed by atoms with Gasteiger partial charge in [0.1, 0.15) is 0 Å². The predicted molar refractivity (Wildman–Crippen MR) is 83.6 cm³/mol. The fourth-order valence-corrected chi connectivity index (χ4v) is 2.41. The highest BCUT2D eigenvalue weighted by molar-refractivity contribution is 9.10. The van der Waals surface area contributed by atoms with E-state index < -0.39 is 0 Å². The summed E-state index contributed by atoms with van der Waals surface area (Å²) in [5.41, 5.74) is 8.74. The molecule has 0 aliphatic carbocycles. The summed E-state index contributed by atoms with van der Waals surface area (Å²) in [7, 11) is 0. The lowest BCUT2D eigenvalue weighted by Gasteiger charge is -2.12. The zero-order valence-electron chi connectivity index (χ0n) is 10.1. The molecule has 0 saturated heterocycles. The standard InChI is InChI=1S/C15H12BrN3/c16-12-3-1-2-4-15(12)19-14-6-5-13(17)10-7-8-18-9-11(10)14/h1-9,19H,17H2. The van der Waals surface area contributed by atoms with Gasteiger partial charge in [-0.25, -0.2) is 0 Å². The first-order chi connectivity index (χ1) is 9.25. The SMILES string of the molecule is Nc1ccc(Nc2ccccc2Br)c2cnccc12. The molecule has 2 aromatic carbocycles. The maximum Gasteiger partial charge on any atom is 0.0528 e. The van der Waals surface area contributed by atoms with Crippen molar-refractivity contribution < 1.29 is 0 Å². The second-order valence-electron chi connectivity index (χ2n) is 4.23. The van der Waals surface area contributed by atoms with Crippen LogP contribution >= 0.6 is 15.9 Å². The third-order valence-corrected chi connectivity index (χ3v) is 3.69. The molecule has 1 heterocycles. The Morgan fingerprint density at radius 3 is 2.63 bits per heavy atom. The molecule has 0 amide bonds. The van der Waals surface area contributed by atoms with Crippen molar-refractivity contribution >= 4 is 43.8 Å². The zero-order chi connectivity index (χ0) is 13.2. The van der Waals surface area contributed by atoms with Gasteiger partial charge in [0.25, 0.3) is 0 Å². The fraction of sp³-hybridized carbons (Fsp3) is 0. The Balaban J connectivity index is 2.12. The number of rotatable bonds is 2. The van der Waals surface area contributed by atoms with E-state index in [1.54, 1.807) is 6.20 Å². The van der Waals surface area contributed by atoms with E-state index in [1.165, 1.54) is 0 Å². The topological polar surface area (TPSA) is 50.9 Å². The molecule has 0 atom stereocenters. The number of hydrogen-bond donors (Lipinski definition) is 2. The highest BCUT2D eigenvalue weighted by Crippen LogP contribution is 2.32. The monoisotopic (exact) mass is 313 g/mol. The van der Waals surface area contributed by atoms with Crippen LogP contribution in [0.5, 0.6) is 0 Å². The number of para-hydroxylation sites is 1. The van der Waals surface area contributed by atoms with Crippen molar-refractivity contribution in [1.82, 2.24) is 4.98 Å². The number of nitrogen functional groups attached to an aromatic ring is 1. The summed E-state index contributed by atoms with van der Waals surface area (Å²) in [6, 6.07) is 13.8. The number of hydrogen-bond acceptors (Lipinski definition) is 3. The Morgan fingerprint density at radius 1 is 0.947 bits per heavy atom. The molecular weight excluding hydrogens is 302 g/mol. The van der Waals surface area contributed by atoms with Crippen LogP contribution in [-0.4, -0.2) is 4.98 Å². The minimum absolute atomic E-state index is 0.759. The predicted octanol–water partition coefficient (Wildman–Crippen LogP) is 4.32. The van der Waals surface area contributed by atoms with Gasteiger partial charge in [0.2, 0.25) is 0 Å². The van der Waals surface area contributed by atoms with Crippen LogP contribution in [0.25, 0.3) is 10.8 Å². The van der Waals surface area contributed by atoms with E-state index in [1.807, 2.05) is 48.7 Å². The van der Waals surface area contributed by atoms with Gasteiger partial charge in [-0.2, -0.15) is 0 Å². The van der Waals surface area contributed by atoms with Gasteiger partial charge in [0.15, 0.2) is 0 Å². The van der Waals surface area contributed by atoms with Crippen molar-refractivity contribution in [2.24, 2.45) is 0 Å². The van der Waals surface area contributed by atoms with Crippen molar-refractivity contribution in [1.29, 1.82) is 0 Å². The zero-order valence-corrected chi connectivity index (χ0v) is 11.7. The number of nitrogens with one attached hydrogen (secondary N) is 1. The molecule has 3 N–H and O–H groups in total. The molecule has 0 fully saturated rings. The first kappa shape index (κ1) is 12.0. The van der Waals surface area contributed by atoms with E-state index in [0.717, 1.165) is 32.3 Å². The average molecular weight is 314 g/mol. The van der Waals surface area contributed by atoms with Gasteiger partial charge >= 0.3 is 0 Å². The molecule has 0 radical (unpaired) electrons. The van der Waals surface area contributed by atoms with Crippen LogP contribution in [-0.2, 0) is 0 Å². The Kier molecular flexibility index (Phi) is 3.09. The van der Waals surface area contributed by atoms with E-state index in [4.69, 9.17) is 5.73 Å². The molecule has 0 saturated carbocycles. The summed E-state index contributed by atoms with van der Waals surface area (Å²) in [5.74, 6) is 0. The normalized spacial score (nSPS) is 10.6. The van der Waals surface area contributed by atoms with Crippen molar-refractivity contribution in [2.75, 3.05) is 11.1 Å². The minimum Gasteiger partial charge on any atom is -0.398 e. The number of anilines is 3. The summed E-state index contributed by atoms with van der Waals surface area (Å²) in [5, 5.41) is 5.42. The van der Waals surface area contributed by atoms with Crippen LogP contribution in [0.4, 0.5) is 17.1 Å². The lowest BCUT2D eigenvalue weighted by atomic mass is 10.1. The maximum atomic E-state index is 5.98. The van der Waals surface area contributed by atoms with Gasteiger partial charge in [-0.05, 0) is 46.3 Å². The van der Waals surface area contributed by atoms with Gasteiger partial charge in [-0.15, -0.1) is 0 Å². The van der Waals surface area contributed by atoms with E-state index in [0.29, 0.717) is 0 Å². The second kappa shape index (κ2) is 4.90. The van der Waals surface area contributed by atoms with E-state index >= 15 is 0 Å². The van der Waals surface area contributed by atoms with Crippen LogP contribution in [0.15, 0.2) is 59.3 Å². The number of nitrogens with zero attached hydrogens (tertiary/aromatic N) is 1. The molecule has 1 aromatic heterocycles. The van der Waals surface area contributed by atoms with Gasteiger partial charge in [0.05, 0.1) is 5.69 Å². The molecule has 0 aliphatic heterocycles. The highest BCUT2D eigenvalue weighted by atomic mass is 79.9. The highest BCUT2D eigenvalue weighted by Gasteiger charge is 2.05. The smallest absolute Gasteiger partial charge is 0.0528 e. The molecule has 4 heteroatoms. The maximum absolute atomic E-state index is 5.98. The second-order valence-corrected chi connectivity index (χ2v) is 5.08. The summed E-state index contributed by atoms with van der Waals surface area (Å²) < 4.78 is 1.02. The Bertz CT molecular complexity index is 740.